The summed E-state index contributed by atoms with van der Waals surface area (Å²) in [6.45, 7) is 0. The van der Waals surface area contributed by atoms with Crippen molar-refractivity contribution in [2.75, 3.05) is 12.4 Å². The van der Waals surface area contributed by atoms with Gasteiger partial charge < -0.3 is 14.8 Å². The van der Waals surface area contributed by atoms with Gasteiger partial charge in [0.05, 0.1) is 23.1 Å². The van der Waals surface area contributed by atoms with Crippen molar-refractivity contribution in [3.05, 3.63) is 77.6 Å². The number of anilines is 1. The molecule has 174 valence electrons. The number of methoxy groups -OCH3 is 1. The highest BCUT2D eigenvalue weighted by molar-refractivity contribution is 7.89. The molecule has 12 heteroatoms. The van der Waals surface area contributed by atoms with Crippen LogP contribution in [0.5, 0.6) is 17.2 Å². The zero-order chi connectivity index (χ0) is 24.4. The maximum absolute atomic E-state index is 14.0. The molecule has 3 aromatic rings. The van der Waals surface area contributed by atoms with Crippen LogP contribution in [0.15, 0.2) is 65.6 Å². The van der Waals surface area contributed by atoms with Crippen LogP contribution in [0.4, 0.5) is 23.2 Å². The van der Waals surface area contributed by atoms with Gasteiger partial charge in [0.15, 0.2) is 17.3 Å². The summed E-state index contributed by atoms with van der Waals surface area (Å²) >= 11 is 0. The van der Waals surface area contributed by atoms with Crippen LogP contribution in [-0.4, -0.2) is 21.4 Å². The van der Waals surface area contributed by atoms with Crippen molar-refractivity contribution in [3.8, 4) is 17.2 Å². The average molecular weight is 484 g/mol. The first-order chi connectivity index (χ1) is 15.4. The Hall–Kier alpha value is -3.64. The van der Waals surface area contributed by atoms with Crippen LogP contribution < -0.4 is 19.9 Å². The number of carbonyl (C=O) groups is 1. The van der Waals surface area contributed by atoms with Crippen LogP contribution in [0, 0.1) is 5.82 Å². The number of carbonyl (C=O) groups excluding carboxylic acids is 1. The van der Waals surface area contributed by atoms with Gasteiger partial charge in [-0.05, 0) is 48.5 Å². The molecule has 0 saturated heterocycles. The molecular weight excluding hydrogens is 468 g/mol. The number of benzene rings is 3. The maximum Gasteiger partial charge on any atom is 0.416 e. The monoisotopic (exact) mass is 484 g/mol. The summed E-state index contributed by atoms with van der Waals surface area (Å²) in [6, 6.07) is 10.7. The molecule has 0 aromatic heterocycles. The molecule has 0 saturated carbocycles. The zero-order valence-electron chi connectivity index (χ0n) is 16.8. The second-order valence-electron chi connectivity index (χ2n) is 6.61. The highest BCUT2D eigenvalue weighted by Crippen LogP contribution is 2.38. The quantitative estimate of drug-likeness (QED) is 0.500. The number of nitrogens with one attached hydrogen (secondary N) is 1. The summed E-state index contributed by atoms with van der Waals surface area (Å²) in [6.07, 6.45) is -4.77. The summed E-state index contributed by atoms with van der Waals surface area (Å²) in [5.74, 6) is -2.65. The first-order valence-corrected chi connectivity index (χ1v) is 10.6. The van der Waals surface area contributed by atoms with Crippen LogP contribution >= 0.6 is 0 Å². The van der Waals surface area contributed by atoms with E-state index >= 15 is 0 Å². The van der Waals surface area contributed by atoms with Crippen molar-refractivity contribution in [1.29, 1.82) is 0 Å². The van der Waals surface area contributed by atoms with Gasteiger partial charge in [-0.2, -0.15) is 13.2 Å². The molecule has 0 unspecified atom stereocenters. The van der Waals surface area contributed by atoms with E-state index in [2.05, 4.69) is 5.32 Å². The lowest BCUT2D eigenvalue weighted by Gasteiger charge is -2.16. The van der Waals surface area contributed by atoms with Crippen LogP contribution in [0.25, 0.3) is 0 Å². The number of ether oxygens (including phenoxy) is 2. The molecule has 0 aliphatic heterocycles. The highest BCUT2D eigenvalue weighted by Gasteiger charge is 2.32. The van der Waals surface area contributed by atoms with Crippen LogP contribution in [0.2, 0.25) is 0 Å². The van der Waals surface area contributed by atoms with Gasteiger partial charge in [0.1, 0.15) is 5.75 Å². The second kappa shape index (κ2) is 9.08. The Morgan fingerprint density at radius 3 is 2.33 bits per heavy atom. The minimum atomic E-state index is -4.77. The van der Waals surface area contributed by atoms with Crippen molar-refractivity contribution >= 4 is 21.6 Å². The van der Waals surface area contributed by atoms with Crippen LogP contribution in [-0.2, 0) is 16.2 Å². The van der Waals surface area contributed by atoms with E-state index in [0.29, 0.717) is 12.1 Å². The van der Waals surface area contributed by atoms with Crippen molar-refractivity contribution in [2.45, 2.75) is 11.1 Å². The van der Waals surface area contributed by atoms with Gasteiger partial charge in [-0.25, -0.2) is 17.9 Å². The highest BCUT2D eigenvalue weighted by atomic mass is 32.2. The third-order valence-electron chi connectivity index (χ3n) is 4.33. The molecule has 0 radical (unpaired) electrons. The predicted octanol–water partition coefficient (Wildman–Crippen LogP) is 4.55. The maximum atomic E-state index is 14.0. The summed E-state index contributed by atoms with van der Waals surface area (Å²) in [5.41, 5.74) is -1.72. The number of hydrogen-bond donors (Lipinski definition) is 2. The molecule has 3 N–H and O–H groups in total. The number of amides is 1. The SMILES string of the molecule is COc1c(F)cccc1Oc1ccc(C(F)(F)F)cc1C(=O)Nc1cccc(S(N)(=O)=O)c1. The average Bonchev–Trinajstić information content (AvgIpc) is 2.73. The number of primary sulfonamides is 1. The van der Waals surface area contributed by atoms with Gasteiger partial charge in [-0.15, -0.1) is 0 Å². The van der Waals surface area contributed by atoms with E-state index in [4.69, 9.17) is 14.6 Å². The molecule has 1 amide bonds. The Morgan fingerprint density at radius 2 is 1.70 bits per heavy atom. The predicted molar refractivity (Wildman–Crippen MR) is 110 cm³/mol. The number of nitrogens with two attached hydrogens (primary N) is 1. The Bertz CT molecular complexity index is 1310. The second-order valence-corrected chi connectivity index (χ2v) is 8.17. The fraction of sp³-hybridized carbons (Fsp3) is 0.0952. The topological polar surface area (TPSA) is 108 Å². The van der Waals surface area contributed by atoms with E-state index in [0.717, 1.165) is 18.2 Å². The van der Waals surface area contributed by atoms with Crippen molar-refractivity contribution < 1.29 is 40.2 Å². The fourth-order valence-corrected chi connectivity index (χ4v) is 3.37. The lowest BCUT2D eigenvalue weighted by Crippen LogP contribution is -2.16. The Kier molecular flexibility index (Phi) is 6.60. The molecule has 0 heterocycles. The normalized spacial score (nSPS) is 11.7. The summed E-state index contributed by atoms with van der Waals surface area (Å²) in [4.78, 5) is 12.5. The van der Waals surface area contributed by atoms with E-state index in [-0.39, 0.29) is 27.8 Å². The number of hydrogen-bond acceptors (Lipinski definition) is 5. The fourth-order valence-electron chi connectivity index (χ4n) is 2.81. The minimum Gasteiger partial charge on any atom is -0.490 e. The first kappa shape index (κ1) is 24.0. The number of para-hydroxylation sites is 1. The Balaban J connectivity index is 2.04. The molecule has 7 nitrogen and oxygen atoms in total. The van der Waals surface area contributed by atoms with E-state index in [1.54, 1.807) is 0 Å². The molecule has 0 bridgehead atoms. The minimum absolute atomic E-state index is 0.0433. The van der Waals surface area contributed by atoms with Crippen molar-refractivity contribution in [1.82, 2.24) is 0 Å². The van der Waals surface area contributed by atoms with Gasteiger partial charge >= 0.3 is 6.18 Å². The summed E-state index contributed by atoms with van der Waals surface area (Å²) < 4.78 is 87.2. The van der Waals surface area contributed by atoms with Gasteiger partial charge in [0.2, 0.25) is 10.0 Å². The van der Waals surface area contributed by atoms with E-state index in [1.165, 1.54) is 37.4 Å². The standard InChI is InChI=1S/C21H16F4N2O5S/c1-31-19-16(22)6-3-7-18(19)32-17-9-8-12(21(23,24)25)10-15(17)20(28)27-13-4-2-5-14(11-13)33(26,29)30/h2-11H,1H3,(H,27,28)(H2,26,29,30). The van der Waals surface area contributed by atoms with Crippen molar-refractivity contribution in [3.63, 3.8) is 0 Å². The van der Waals surface area contributed by atoms with Gasteiger partial charge in [-0.1, -0.05) is 12.1 Å². The van der Waals surface area contributed by atoms with E-state index < -0.39 is 39.1 Å². The van der Waals surface area contributed by atoms with Crippen molar-refractivity contribution in [2.24, 2.45) is 5.14 Å². The molecular formula is C21H16F4N2O5S. The summed E-state index contributed by atoms with van der Waals surface area (Å²) in [7, 11) is -2.92. The van der Waals surface area contributed by atoms with Gasteiger partial charge in [-0.3, -0.25) is 4.79 Å². The largest absolute Gasteiger partial charge is 0.490 e. The van der Waals surface area contributed by atoms with Crippen LogP contribution in [0.3, 0.4) is 0 Å². The Morgan fingerprint density at radius 1 is 1.00 bits per heavy atom. The third kappa shape index (κ3) is 5.59. The molecule has 0 fully saturated rings. The smallest absolute Gasteiger partial charge is 0.416 e. The van der Waals surface area contributed by atoms with Gasteiger partial charge in [0, 0.05) is 5.69 Å². The lowest BCUT2D eigenvalue weighted by atomic mass is 10.1. The molecule has 0 aliphatic carbocycles. The van der Waals surface area contributed by atoms with E-state index in [1.807, 2.05) is 0 Å². The molecule has 3 rings (SSSR count). The van der Waals surface area contributed by atoms with Gasteiger partial charge in [0.25, 0.3) is 5.91 Å². The van der Waals surface area contributed by atoms with Crippen LogP contribution in [0.1, 0.15) is 15.9 Å². The molecule has 33 heavy (non-hydrogen) atoms. The molecule has 0 spiro atoms. The first-order valence-electron chi connectivity index (χ1n) is 9.06. The number of halogens is 4. The molecule has 0 aliphatic rings. The van der Waals surface area contributed by atoms with E-state index in [9.17, 15) is 30.8 Å². The zero-order valence-corrected chi connectivity index (χ0v) is 17.6. The number of alkyl halides is 3. The Labute approximate surface area is 185 Å². The summed E-state index contributed by atoms with van der Waals surface area (Å²) in [5, 5.41) is 7.36. The number of rotatable bonds is 6. The molecule has 0 atom stereocenters. The molecule has 3 aromatic carbocycles. The lowest BCUT2D eigenvalue weighted by molar-refractivity contribution is -0.137. The number of sulfonamides is 1. The third-order valence-corrected chi connectivity index (χ3v) is 5.24.